The van der Waals surface area contributed by atoms with Crippen molar-refractivity contribution in [2.24, 2.45) is 0 Å². The van der Waals surface area contributed by atoms with Crippen LogP contribution in [-0.4, -0.2) is 11.3 Å². The Hall–Kier alpha value is -4.56. The van der Waals surface area contributed by atoms with E-state index in [0.717, 1.165) is 0 Å². The molecule has 1 atom stereocenters. The second-order valence-electron chi connectivity index (χ2n) is 15.2. The SMILES string of the molecule is CC1=CC(B(c2ccc3c(c2)C(C)(C)c2cc(-n4c5ccc(C)cc5c5cc(C)ccc54)ccc2-3)c2c(C)cc(C)cc2C)C(C)=C1. The number of benzene rings is 5. The van der Waals surface area contributed by atoms with E-state index >= 15 is 0 Å². The fraction of sp³-hybridized carbons (Fsp3) is 0.244. The van der Waals surface area contributed by atoms with Crippen LogP contribution in [0, 0.1) is 34.6 Å². The molecule has 6 aromatic rings. The van der Waals surface area contributed by atoms with Gasteiger partial charge in [-0.2, -0.15) is 0 Å². The lowest BCUT2D eigenvalue weighted by molar-refractivity contribution is 0.660. The Morgan fingerprint density at radius 3 is 1.74 bits per heavy atom. The van der Waals surface area contributed by atoms with E-state index in [1.165, 1.54) is 99.6 Å². The number of rotatable bonds is 4. The minimum Gasteiger partial charge on any atom is -0.309 e. The molecule has 0 radical (unpaired) electrons. The van der Waals surface area contributed by atoms with E-state index in [2.05, 4.69) is 164 Å². The van der Waals surface area contributed by atoms with Crippen molar-refractivity contribution >= 4 is 39.4 Å². The van der Waals surface area contributed by atoms with Crippen LogP contribution in [0.5, 0.6) is 0 Å². The minimum atomic E-state index is -0.128. The van der Waals surface area contributed by atoms with Crippen molar-refractivity contribution in [3.05, 3.63) is 147 Å². The first-order valence-electron chi connectivity index (χ1n) is 17.2. The molecule has 1 unspecified atom stereocenters. The first-order valence-corrected chi connectivity index (χ1v) is 17.2. The first-order chi connectivity index (χ1) is 22.4. The summed E-state index contributed by atoms with van der Waals surface area (Å²) in [5.74, 6) is 0.356. The van der Waals surface area contributed by atoms with Crippen molar-refractivity contribution in [2.45, 2.75) is 73.5 Å². The topological polar surface area (TPSA) is 4.93 Å². The average molecular weight is 610 g/mol. The van der Waals surface area contributed by atoms with Gasteiger partial charge >= 0.3 is 0 Å². The van der Waals surface area contributed by atoms with E-state index in [9.17, 15) is 0 Å². The highest BCUT2D eigenvalue weighted by Crippen LogP contribution is 2.49. The third-order valence-corrected chi connectivity index (χ3v) is 11.2. The zero-order valence-electron chi connectivity index (χ0n) is 29.3. The number of fused-ring (bicyclic) bond motifs is 6. The molecule has 1 nitrogen and oxygen atoms in total. The largest absolute Gasteiger partial charge is 0.309 e. The Morgan fingerprint density at radius 2 is 1.17 bits per heavy atom. The lowest BCUT2D eigenvalue weighted by atomic mass is 9.31. The Morgan fingerprint density at radius 1 is 0.596 bits per heavy atom. The number of aryl methyl sites for hydroxylation is 5. The van der Waals surface area contributed by atoms with Gasteiger partial charge in [0.25, 0.3) is 0 Å². The molecule has 2 aliphatic carbocycles. The lowest BCUT2D eigenvalue weighted by Gasteiger charge is -2.28. The van der Waals surface area contributed by atoms with Gasteiger partial charge in [-0.1, -0.05) is 124 Å². The summed E-state index contributed by atoms with van der Waals surface area (Å²) < 4.78 is 2.47. The summed E-state index contributed by atoms with van der Waals surface area (Å²) in [7, 11) is 0. The summed E-state index contributed by atoms with van der Waals surface area (Å²) in [6, 6.07) is 33.1. The van der Waals surface area contributed by atoms with Gasteiger partial charge in [-0.05, 0) is 113 Å². The van der Waals surface area contributed by atoms with Crippen molar-refractivity contribution in [2.75, 3.05) is 0 Å². The molecule has 5 aromatic carbocycles. The van der Waals surface area contributed by atoms with Gasteiger partial charge in [0.15, 0.2) is 0 Å². The molecule has 0 N–H and O–H groups in total. The number of nitrogens with zero attached hydrogens (tertiary/aromatic N) is 1. The minimum absolute atomic E-state index is 0.128. The molecule has 8 rings (SSSR count). The van der Waals surface area contributed by atoms with E-state index in [-0.39, 0.29) is 12.1 Å². The summed E-state index contributed by atoms with van der Waals surface area (Å²) in [6.45, 7) is 20.9. The van der Waals surface area contributed by atoms with Gasteiger partial charge in [0.05, 0.1) is 11.0 Å². The summed E-state index contributed by atoms with van der Waals surface area (Å²) in [4.78, 5) is 0. The third kappa shape index (κ3) is 4.52. The van der Waals surface area contributed by atoms with Crippen LogP contribution in [0.3, 0.4) is 0 Å². The smallest absolute Gasteiger partial charge is 0.220 e. The Bertz CT molecular complexity index is 2280. The molecule has 0 saturated heterocycles. The lowest BCUT2D eigenvalue weighted by Crippen LogP contribution is -2.48. The van der Waals surface area contributed by atoms with Gasteiger partial charge in [0.2, 0.25) is 6.71 Å². The highest BCUT2D eigenvalue weighted by Gasteiger charge is 2.39. The molecule has 0 saturated carbocycles. The molecule has 232 valence electrons. The van der Waals surface area contributed by atoms with Gasteiger partial charge in [0, 0.05) is 21.9 Å². The van der Waals surface area contributed by atoms with Crippen LogP contribution >= 0.6 is 0 Å². The summed E-state index contributed by atoms with van der Waals surface area (Å²) in [5, 5.41) is 2.65. The van der Waals surface area contributed by atoms with Gasteiger partial charge in [-0.25, -0.2) is 0 Å². The van der Waals surface area contributed by atoms with Crippen LogP contribution in [0.2, 0.25) is 5.82 Å². The molecule has 2 aliphatic rings. The maximum Gasteiger partial charge on any atom is 0.220 e. The van der Waals surface area contributed by atoms with Crippen LogP contribution in [0.4, 0.5) is 0 Å². The van der Waals surface area contributed by atoms with Gasteiger partial charge < -0.3 is 4.57 Å². The van der Waals surface area contributed by atoms with E-state index in [0.29, 0.717) is 5.82 Å². The molecule has 1 heterocycles. The van der Waals surface area contributed by atoms with E-state index in [4.69, 9.17) is 0 Å². The fourth-order valence-corrected chi connectivity index (χ4v) is 9.12. The summed E-state index contributed by atoms with van der Waals surface area (Å²) in [5.41, 5.74) is 21.6. The maximum absolute atomic E-state index is 2.55. The Balaban J connectivity index is 1.29. The van der Waals surface area contributed by atoms with Gasteiger partial charge in [0.1, 0.15) is 0 Å². The van der Waals surface area contributed by atoms with E-state index in [1.807, 2.05) is 0 Å². The van der Waals surface area contributed by atoms with Crippen LogP contribution < -0.4 is 10.9 Å². The normalized spacial score (nSPS) is 16.4. The molecule has 0 amide bonds. The standard InChI is InChI=1S/C45H44BN/c1-26-10-16-42-37(21-26)38-22-27(2)11-17-43(38)47(42)34-13-15-36-35-14-12-33(24-39(35)45(8,9)40(36)25-34)46(41-23-29(4)18-30(41)5)44-31(6)19-28(3)20-32(44)7/h10-25,41H,1-9H3. The molecular formula is C45H44BN. The van der Waals surface area contributed by atoms with Gasteiger partial charge in [-0.15, -0.1) is 0 Å². The maximum atomic E-state index is 2.55. The van der Waals surface area contributed by atoms with Crippen molar-refractivity contribution in [3.63, 3.8) is 0 Å². The van der Waals surface area contributed by atoms with Crippen molar-refractivity contribution < 1.29 is 0 Å². The number of hydrogen-bond donors (Lipinski definition) is 0. The predicted molar refractivity (Wildman–Crippen MR) is 205 cm³/mol. The quantitative estimate of drug-likeness (QED) is 0.175. The fourth-order valence-electron chi connectivity index (χ4n) is 9.12. The highest BCUT2D eigenvalue weighted by atomic mass is 15.0. The monoisotopic (exact) mass is 609 g/mol. The van der Waals surface area contributed by atoms with Crippen LogP contribution in [0.1, 0.15) is 66.6 Å². The molecule has 0 fully saturated rings. The number of hydrogen-bond acceptors (Lipinski definition) is 0. The number of allylic oxidation sites excluding steroid dienone is 4. The zero-order valence-corrected chi connectivity index (χ0v) is 29.3. The molecule has 47 heavy (non-hydrogen) atoms. The van der Waals surface area contributed by atoms with Gasteiger partial charge in [-0.3, -0.25) is 0 Å². The molecule has 2 heteroatoms. The van der Waals surface area contributed by atoms with E-state index in [1.54, 1.807) is 0 Å². The third-order valence-electron chi connectivity index (χ3n) is 11.2. The highest BCUT2D eigenvalue weighted by molar-refractivity contribution is 6.88. The summed E-state index contributed by atoms with van der Waals surface area (Å²) in [6.07, 6.45) is 4.87. The molecule has 0 aliphatic heterocycles. The summed E-state index contributed by atoms with van der Waals surface area (Å²) >= 11 is 0. The predicted octanol–water partition coefficient (Wildman–Crippen LogP) is 10.5. The van der Waals surface area contributed by atoms with Crippen LogP contribution in [-0.2, 0) is 5.41 Å². The van der Waals surface area contributed by atoms with Crippen LogP contribution in [0.15, 0.2) is 108 Å². The van der Waals surface area contributed by atoms with Crippen molar-refractivity contribution in [1.82, 2.24) is 4.57 Å². The van der Waals surface area contributed by atoms with Crippen LogP contribution in [0.25, 0.3) is 38.6 Å². The Kier molecular flexibility index (Phi) is 6.65. The first kappa shape index (κ1) is 29.8. The zero-order chi connectivity index (χ0) is 32.9. The van der Waals surface area contributed by atoms with Crippen molar-refractivity contribution in [1.29, 1.82) is 0 Å². The second kappa shape index (κ2) is 10.5. The molecule has 1 aromatic heterocycles. The average Bonchev–Trinajstić information content (AvgIpc) is 3.60. The van der Waals surface area contributed by atoms with Crippen molar-refractivity contribution in [3.8, 4) is 16.8 Å². The second-order valence-corrected chi connectivity index (χ2v) is 15.2. The molecule has 0 bridgehead atoms. The molecular weight excluding hydrogens is 565 g/mol. The molecule has 0 spiro atoms. The Labute approximate surface area is 280 Å². The number of aromatic nitrogens is 1. The van der Waals surface area contributed by atoms with E-state index < -0.39 is 0 Å².